The fraction of sp³-hybridized carbons (Fsp3) is 0.250. The Morgan fingerprint density at radius 3 is 2.70 bits per heavy atom. The summed E-state index contributed by atoms with van der Waals surface area (Å²) in [5, 5.41) is 2.44. The lowest BCUT2D eigenvalue weighted by atomic mass is 10.1. The van der Waals surface area contributed by atoms with E-state index in [1.165, 1.54) is 11.8 Å². The normalized spacial score (nSPS) is 18.8. The van der Waals surface area contributed by atoms with Crippen molar-refractivity contribution in [2.24, 2.45) is 0 Å². The van der Waals surface area contributed by atoms with E-state index in [4.69, 9.17) is 0 Å². The van der Waals surface area contributed by atoms with Crippen LogP contribution in [0.5, 0.6) is 0 Å². The summed E-state index contributed by atoms with van der Waals surface area (Å²) in [5.41, 5.74) is 0.917. The van der Waals surface area contributed by atoms with E-state index in [1.807, 2.05) is 36.4 Å². The molecule has 3 rings (SSSR count). The van der Waals surface area contributed by atoms with Crippen LogP contribution in [0.15, 0.2) is 42.5 Å². The first kappa shape index (κ1) is 13.2. The smallest absolute Gasteiger partial charge is 0.228 e. The number of nitrogens with zero attached hydrogens (tertiary/aromatic N) is 1. The number of fused-ring (bicyclic) bond motifs is 1. The second-order valence-electron chi connectivity index (χ2n) is 4.97. The molecule has 0 saturated carbocycles. The van der Waals surface area contributed by atoms with Crippen LogP contribution in [0.4, 0.5) is 5.69 Å². The van der Waals surface area contributed by atoms with E-state index in [9.17, 15) is 9.59 Å². The first-order valence-corrected chi connectivity index (χ1v) is 7.48. The number of hydrogen-bond acceptors (Lipinski definition) is 3. The van der Waals surface area contributed by atoms with Gasteiger partial charge in [0.1, 0.15) is 0 Å². The molecule has 0 spiro atoms. The average molecular weight is 285 g/mol. The Kier molecular flexibility index (Phi) is 3.49. The third-order valence-electron chi connectivity index (χ3n) is 3.47. The first-order valence-electron chi connectivity index (χ1n) is 6.60. The number of rotatable bonds is 2. The van der Waals surface area contributed by atoms with Gasteiger partial charge >= 0.3 is 0 Å². The Morgan fingerprint density at radius 1 is 1.20 bits per heavy atom. The van der Waals surface area contributed by atoms with Crippen molar-refractivity contribution < 1.29 is 9.59 Å². The van der Waals surface area contributed by atoms with Gasteiger partial charge in [-0.25, -0.2) is 0 Å². The van der Waals surface area contributed by atoms with Crippen LogP contribution in [0, 0.1) is 0 Å². The molecule has 0 aromatic heterocycles. The third-order valence-corrected chi connectivity index (χ3v) is 4.45. The quantitative estimate of drug-likeness (QED) is 0.850. The minimum atomic E-state index is 0.0724. The molecule has 0 bridgehead atoms. The van der Waals surface area contributed by atoms with Crippen molar-refractivity contribution in [2.75, 3.05) is 11.4 Å². The molecular formula is C16H15NO2S. The molecule has 20 heavy (non-hydrogen) atoms. The zero-order valence-corrected chi connectivity index (χ0v) is 12.0. The van der Waals surface area contributed by atoms with Gasteiger partial charge in [-0.1, -0.05) is 42.1 Å². The van der Waals surface area contributed by atoms with Crippen LogP contribution in [-0.2, 0) is 9.59 Å². The maximum atomic E-state index is 12.1. The highest BCUT2D eigenvalue weighted by Crippen LogP contribution is 2.30. The molecule has 0 aliphatic carbocycles. The lowest BCUT2D eigenvalue weighted by Gasteiger charge is -2.17. The van der Waals surface area contributed by atoms with Crippen molar-refractivity contribution in [1.29, 1.82) is 0 Å². The number of carbonyl (C=O) groups excluding carboxylic acids is 2. The van der Waals surface area contributed by atoms with Crippen LogP contribution in [0.25, 0.3) is 10.8 Å². The highest BCUT2D eigenvalue weighted by atomic mass is 32.2. The fourth-order valence-corrected chi connectivity index (χ4v) is 3.50. The topological polar surface area (TPSA) is 37.4 Å². The number of carbonyl (C=O) groups is 2. The Morgan fingerprint density at radius 2 is 1.95 bits per heavy atom. The summed E-state index contributed by atoms with van der Waals surface area (Å²) in [6, 6.07) is 14.1. The Balaban J connectivity index is 1.87. The van der Waals surface area contributed by atoms with Gasteiger partial charge < -0.3 is 4.90 Å². The molecule has 102 valence electrons. The van der Waals surface area contributed by atoms with E-state index < -0.39 is 0 Å². The van der Waals surface area contributed by atoms with E-state index in [-0.39, 0.29) is 16.3 Å². The maximum absolute atomic E-state index is 12.1. The van der Waals surface area contributed by atoms with Gasteiger partial charge in [0.05, 0.1) is 0 Å². The van der Waals surface area contributed by atoms with Crippen molar-refractivity contribution in [2.45, 2.75) is 18.6 Å². The molecule has 1 aliphatic heterocycles. The van der Waals surface area contributed by atoms with Gasteiger partial charge in [-0.3, -0.25) is 9.59 Å². The SMILES string of the molecule is CC(=O)SC1CC(=O)N(c2ccc3ccccc3c2)C1. The van der Waals surface area contributed by atoms with Gasteiger partial charge in [-0.05, 0) is 22.9 Å². The van der Waals surface area contributed by atoms with Crippen LogP contribution in [0.3, 0.4) is 0 Å². The molecule has 1 amide bonds. The summed E-state index contributed by atoms with van der Waals surface area (Å²) < 4.78 is 0. The number of amides is 1. The summed E-state index contributed by atoms with van der Waals surface area (Å²) in [5.74, 6) is 0.0963. The number of benzene rings is 2. The van der Waals surface area contributed by atoms with Crippen LogP contribution in [0.1, 0.15) is 13.3 Å². The predicted molar refractivity (Wildman–Crippen MR) is 83.0 cm³/mol. The molecule has 1 heterocycles. The first-order chi connectivity index (χ1) is 9.63. The Hall–Kier alpha value is -1.81. The van der Waals surface area contributed by atoms with E-state index in [1.54, 1.807) is 11.8 Å². The molecule has 3 nitrogen and oxygen atoms in total. The standard InChI is InChI=1S/C16H15NO2S/c1-11(18)20-15-9-16(19)17(10-15)14-7-6-12-4-2-3-5-13(12)8-14/h2-8,15H,9-10H2,1H3. The second-order valence-corrected chi connectivity index (χ2v) is 6.45. The van der Waals surface area contributed by atoms with Gasteiger partial charge in [-0.15, -0.1) is 0 Å². The summed E-state index contributed by atoms with van der Waals surface area (Å²) in [6.07, 6.45) is 0.442. The van der Waals surface area contributed by atoms with E-state index in [0.717, 1.165) is 16.5 Å². The largest absolute Gasteiger partial charge is 0.311 e. The van der Waals surface area contributed by atoms with Crippen molar-refractivity contribution in [3.05, 3.63) is 42.5 Å². The monoisotopic (exact) mass is 285 g/mol. The van der Waals surface area contributed by atoms with Gasteiger partial charge in [0.25, 0.3) is 0 Å². The number of anilines is 1. The van der Waals surface area contributed by atoms with Crippen molar-refractivity contribution in [3.63, 3.8) is 0 Å². The zero-order valence-electron chi connectivity index (χ0n) is 11.2. The van der Waals surface area contributed by atoms with Crippen LogP contribution >= 0.6 is 11.8 Å². The summed E-state index contributed by atoms with van der Waals surface area (Å²) in [7, 11) is 0. The molecule has 1 saturated heterocycles. The Labute approximate surface area is 122 Å². The molecule has 4 heteroatoms. The van der Waals surface area contributed by atoms with Crippen LogP contribution in [-0.4, -0.2) is 22.8 Å². The summed E-state index contributed by atoms with van der Waals surface area (Å²) in [6.45, 7) is 2.16. The van der Waals surface area contributed by atoms with Gasteiger partial charge in [0, 0.05) is 30.8 Å². The fourth-order valence-electron chi connectivity index (χ4n) is 2.58. The van der Waals surface area contributed by atoms with E-state index in [2.05, 4.69) is 6.07 Å². The van der Waals surface area contributed by atoms with Crippen molar-refractivity contribution >= 4 is 39.2 Å². The third kappa shape index (κ3) is 2.56. The van der Waals surface area contributed by atoms with Crippen LogP contribution < -0.4 is 4.90 Å². The number of hydrogen-bond donors (Lipinski definition) is 0. The molecule has 1 fully saturated rings. The van der Waals surface area contributed by atoms with Gasteiger partial charge in [0.15, 0.2) is 5.12 Å². The second kappa shape index (κ2) is 5.29. The zero-order chi connectivity index (χ0) is 14.1. The lowest BCUT2D eigenvalue weighted by molar-refractivity contribution is -0.117. The molecular weight excluding hydrogens is 270 g/mol. The van der Waals surface area contributed by atoms with Gasteiger partial charge in [-0.2, -0.15) is 0 Å². The Bertz CT molecular complexity index is 683. The molecule has 1 unspecified atom stereocenters. The highest BCUT2D eigenvalue weighted by Gasteiger charge is 2.31. The molecule has 1 aliphatic rings. The van der Waals surface area contributed by atoms with Crippen molar-refractivity contribution in [3.8, 4) is 0 Å². The predicted octanol–water partition coefficient (Wildman–Crippen LogP) is 3.22. The minimum Gasteiger partial charge on any atom is -0.311 e. The minimum absolute atomic E-state index is 0.0724. The molecule has 1 atom stereocenters. The summed E-state index contributed by atoms with van der Waals surface area (Å²) >= 11 is 1.27. The van der Waals surface area contributed by atoms with E-state index in [0.29, 0.717) is 13.0 Å². The van der Waals surface area contributed by atoms with Crippen LogP contribution in [0.2, 0.25) is 0 Å². The highest BCUT2D eigenvalue weighted by molar-refractivity contribution is 8.14. The van der Waals surface area contributed by atoms with E-state index >= 15 is 0 Å². The molecule has 2 aromatic carbocycles. The van der Waals surface area contributed by atoms with Gasteiger partial charge in [0.2, 0.25) is 5.91 Å². The maximum Gasteiger partial charge on any atom is 0.228 e. The molecule has 0 N–H and O–H groups in total. The molecule has 2 aromatic rings. The molecule has 0 radical (unpaired) electrons. The number of thioether (sulfide) groups is 1. The lowest BCUT2D eigenvalue weighted by Crippen LogP contribution is -2.24. The summed E-state index contributed by atoms with van der Waals surface area (Å²) in [4.78, 5) is 25.0. The average Bonchev–Trinajstić information content (AvgIpc) is 2.78. The van der Waals surface area contributed by atoms with Crippen molar-refractivity contribution in [1.82, 2.24) is 0 Å².